The molecule has 5 nitrogen and oxygen atoms in total. The van der Waals surface area contributed by atoms with E-state index in [1.165, 1.54) is 6.92 Å². The number of carbonyl (C=O) groups excluding carboxylic acids is 1. The van der Waals surface area contributed by atoms with E-state index in [2.05, 4.69) is 46.5 Å². The lowest BCUT2D eigenvalue weighted by atomic mass is 10.0. The van der Waals surface area contributed by atoms with Gasteiger partial charge in [0.05, 0.1) is 13.0 Å². The SMILES string of the molecule is CC(=O)c1c(CC(=O)O)[nH]c2cccc(CO[Si](C(C)C)(C(C)C)C(C)C)c12. The number of carboxylic acid groups (broad SMARTS) is 1. The minimum Gasteiger partial charge on any atom is -0.481 e. The van der Waals surface area contributed by atoms with E-state index < -0.39 is 14.3 Å². The summed E-state index contributed by atoms with van der Waals surface area (Å²) in [5, 5.41) is 10.0. The summed E-state index contributed by atoms with van der Waals surface area (Å²) in [5.74, 6) is -1.09. The molecule has 0 saturated heterocycles. The molecule has 0 amide bonds. The molecule has 1 aromatic heterocycles. The first-order chi connectivity index (χ1) is 13.0. The van der Waals surface area contributed by atoms with Gasteiger partial charge in [-0.2, -0.15) is 0 Å². The monoisotopic (exact) mass is 403 g/mol. The predicted molar refractivity (Wildman–Crippen MR) is 115 cm³/mol. The van der Waals surface area contributed by atoms with Crippen molar-refractivity contribution in [2.24, 2.45) is 0 Å². The zero-order valence-electron chi connectivity index (χ0n) is 18.1. The first kappa shape index (κ1) is 22.4. The van der Waals surface area contributed by atoms with Crippen LogP contribution < -0.4 is 0 Å². The fourth-order valence-corrected chi connectivity index (χ4v) is 10.3. The normalized spacial score (nSPS) is 12.5. The van der Waals surface area contributed by atoms with Gasteiger partial charge in [0.25, 0.3) is 0 Å². The molecule has 0 spiro atoms. The second kappa shape index (κ2) is 8.62. The van der Waals surface area contributed by atoms with E-state index >= 15 is 0 Å². The summed E-state index contributed by atoms with van der Waals surface area (Å²) in [6.45, 7) is 15.4. The number of ketones is 1. The third kappa shape index (κ3) is 4.08. The van der Waals surface area contributed by atoms with Crippen LogP contribution in [0.2, 0.25) is 16.6 Å². The number of H-pyrrole nitrogens is 1. The summed E-state index contributed by atoms with van der Waals surface area (Å²) in [4.78, 5) is 26.7. The Balaban J connectivity index is 2.54. The maximum absolute atomic E-state index is 12.4. The molecule has 2 N–H and O–H groups in total. The molecule has 154 valence electrons. The lowest BCUT2D eigenvalue weighted by Crippen LogP contribution is -2.47. The molecule has 0 bridgehead atoms. The number of rotatable bonds is 9. The van der Waals surface area contributed by atoms with E-state index in [9.17, 15) is 14.7 Å². The second-order valence-electron chi connectivity index (χ2n) is 8.55. The van der Waals surface area contributed by atoms with Gasteiger partial charge in [-0.25, -0.2) is 0 Å². The fourth-order valence-electron chi connectivity index (χ4n) is 4.87. The molecule has 28 heavy (non-hydrogen) atoms. The first-order valence-electron chi connectivity index (χ1n) is 10.0. The van der Waals surface area contributed by atoms with E-state index in [-0.39, 0.29) is 12.2 Å². The van der Waals surface area contributed by atoms with Crippen molar-refractivity contribution in [3.8, 4) is 0 Å². The number of benzene rings is 1. The van der Waals surface area contributed by atoms with Crippen molar-refractivity contribution >= 4 is 31.0 Å². The summed E-state index contributed by atoms with van der Waals surface area (Å²) < 4.78 is 6.73. The van der Waals surface area contributed by atoms with Gasteiger partial charge in [-0.1, -0.05) is 53.7 Å². The Bertz CT molecular complexity index is 845. The molecule has 0 unspecified atom stereocenters. The van der Waals surface area contributed by atoms with Gasteiger partial charge in [-0.3, -0.25) is 9.59 Å². The lowest BCUT2D eigenvalue weighted by Gasteiger charge is -2.42. The van der Waals surface area contributed by atoms with Crippen LogP contribution >= 0.6 is 0 Å². The van der Waals surface area contributed by atoms with Gasteiger partial charge in [-0.15, -0.1) is 0 Å². The number of nitrogens with one attached hydrogen (secondary N) is 1. The zero-order chi connectivity index (χ0) is 21.2. The van der Waals surface area contributed by atoms with Crippen molar-refractivity contribution in [2.75, 3.05) is 0 Å². The Morgan fingerprint density at radius 2 is 1.64 bits per heavy atom. The molecule has 0 atom stereocenters. The molecule has 0 aliphatic rings. The Labute approximate surface area is 168 Å². The van der Waals surface area contributed by atoms with Crippen molar-refractivity contribution in [3.05, 3.63) is 35.0 Å². The quantitative estimate of drug-likeness (QED) is 0.416. The first-order valence-corrected chi connectivity index (χ1v) is 12.1. The molecular weight excluding hydrogens is 370 g/mol. The molecule has 1 aromatic carbocycles. The Morgan fingerprint density at radius 3 is 2.11 bits per heavy atom. The maximum Gasteiger partial charge on any atom is 0.309 e. The van der Waals surface area contributed by atoms with E-state index in [0.29, 0.717) is 34.5 Å². The summed E-state index contributed by atoms with van der Waals surface area (Å²) in [5.41, 5.74) is 4.06. The van der Waals surface area contributed by atoms with Crippen molar-refractivity contribution in [1.82, 2.24) is 4.98 Å². The van der Waals surface area contributed by atoms with Crippen LogP contribution in [0.5, 0.6) is 0 Å². The molecule has 0 aliphatic carbocycles. The van der Waals surface area contributed by atoms with Crippen LogP contribution in [0.1, 0.15) is 70.1 Å². The van der Waals surface area contributed by atoms with E-state index in [0.717, 1.165) is 16.5 Å². The summed E-state index contributed by atoms with van der Waals surface area (Å²) >= 11 is 0. The molecule has 0 saturated carbocycles. The molecule has 2 rings (SSSR count). The highest BCUT2D eigenvalue weighted by atomic mass is 28.4. The Morgan fingerprint density at radius 1 is 1.07 bits per heavy atom. The molecular formula is C22H33NO4Si. The molecule has 0 radical (unpaired) electrons. The van der Waals surface area contributed by atoms with Crippen LogP contribution in [-0.4, -0.2) is 30.2 Å². The highest BCUT2D eigenvalue weighted by molar-refractivity contribution is 6.77. The van der Waals surface area contributed by atoms with Crippen LogP contribution in [0.3, 0.4) is 0 Å². The van der Waals surface area contributed by atoms with E-state index in [1.54, 1.807) is 0 Å². The molecule has 1 heterocycles. The number of carboxylic acids is 1. The second-order valence-corrected chi connectivity index (χ2v) is 14.0. The number of aromatic nitrogens is 1. The van der Waals surface area contributed by atoms with Gasteiger partial charge in [0.1, 0.15) is 0 Å². The molecule has 6 heteroatoms. The highest BCUT2D eigenvalue weighted by Crippen LogP contribution is 2.43. The van der Waals surface area contributed by atoms with Gasteiger partial charge >= 0.3 is 5.97 Å². The number of fused-ring (bicyclic) bond motifs is 1. The van der Waals surface area contributed by atoms with Crippen LogP contribution in [0, 0.1) is 0 Å². The van der Waals surface area contributed by atoms with Crippen molar-refractivity contribution in [3.63, 3.8) is 0 Å². The summed E-state index contributed by atoms with van der Waals surface area (Å²) in [6, 6.07) is 5.79. The third-order valence-electron chi connectivity index (χ3n) is 5.85. The van der Waals surface area contributed by atoms with Gasteiger partial charge in [-0.05, 0) is 35.2 Å². The van der Waals surface area contributed by atoms with Crippen LogP contribution in [0.15, 0.2) is 18.2 Å². The largest absolute Gasteiger partial charge is 0.481 e. The minimum absolute atomic E-state index is 0.130. The lowest BCUT2D eigenvalue weighted by molar-refractivity contribution is -0.136. The van der Waals surface area contributed by atoms with Crippen molar-refractivity contribution in [1.29, 1.82) is 0 Å². The maximum atomic E-state index is 12.4. The minimum atomic E-state index is -2.05. The van der Waals surface area contributed by atoms with Gasteiger partial charge in [0.15, 0.2) is 5.78 Å². The van der Waals surface area contributed by atoms with E-state index in [4.69, 9.17) is 4.43 Å². The number of hydrogen-bond donors (Lipinski definition) is 2. The highest BCUT2D eigenvalue weighted by Gasteiger charge is 2.45. The fraction of sp³-hybridized carbons (Fsp3) is 0.545. The van der Waals surface area contributed by atoms with Crippen LogP contribution in [0.25, 0.3) is 10.9 Å². The summed E-state index contributed by atoms with van der Waals surface area (Å²) in [6.07, 6.45) is -0.202. The predicted octanol–water partition coefficient (Wildman–Crippen LogP) is 5.69. The molecule has 0 fully saturated rings. The number of hydrogen-bond acceptors (Lipinski definition) is 3. The van der Waals surface area contributed by atoms with Crippen LogP contribution in [-0.2, 0) is 22.2 Å². The topological polar surface area (TPSA) is 79.4 Å². The number of Topliss-reactive ketones (excluding diaryl/α,β-unsaturated/α-hetero) is 1. The zero-order valence-corrected chi connectivity index (χ0v) is 19.1. The van der Waals surface area contributed by atoms with Gasteiger partial charge in [0.2, 0.25) is 8.32 Å². The smallest absolute Gasteiger partial charge is 0.309 e. The van der Waals surface area contributed by atoms with Crippen molar-refractivity contribution < 1.29 is 19.1 Å². The average Bonchev–Trinajstić information content (AvgIpc) is 2.92. The Kier molecular flexibility index (Phi) is 6.88. The average molecular weight is 404 g/mol. The van der Waals surface area contributed by atoms with Crippen LogP contribution in [0.4, 0.5) is 0 Å². The van der Waals surface area contributed by atoms with E-state index in [1.807, 2.05) is 18.2 Å². The number of aromatic amines is 1. The summed E-state index contributed by atoms with van der Waals surface area (Å²) in [7, 11) is -2.05. The molecule has 2 aromatic rings. The Hall–Kier alpha value is -1.92. The third-order valence-corrected chi connectivity index (χ3v) is 11.9. The van der Waals surface area contributed by atoms with Gasteiger partial charge < -0.3 is 14.5 Å². The molecule has 0 aliphatic heterocycles. The van der Waals surface area contributed by atoms with Crippen molar-refractivity contribution in [2.45, 2.75) is 78.1 Å². The number of carbonyl (C=O) groups is 2. The van der Waals surface area contributed by atoms with Gasteiger partial charge in [0, 0.05) is 22.2 Å². The standard InChI is InChI=1S/C22H33NO4Si/c1-13(2)28(14(3)4,15(5)6)27-12-17-9-8-10-18-22(17)21(16(7)24)19(23-18)11-20(25)26/h8-10,13-15,23H,11-12H2,1-7H3,(H,25,26). The number of aliphatic carboxylic acids is 1.